The molecule has 0 bridgehead atoms. The van der Waals surface area contributed by atoms with Gasteiger partial charge in [0.25, 0.3) is 0 Å². The van der Waals surface area contributed by atoms with Crippen LogP contribution in [-0.2, 0) is 4.74 Å². The molecule has 1 heterocycles. The van der Waals surface area contributed by atoms with Crippen molar-refractivity contribution >= 4 is 6.09 Å². The lowest BCUT2D eigenvalue weighted by atomic mass is 10.0. The molecule has 0 radical (unpaired) electrons. The first kappa shape index (κ1) is 18.6. The summed E-state index contributed by atoms with van der Waals surface area (Å²) in [6, 6.07) is 7.54. The fourth-order valence-electron chi connectivity index (χ4n) is 2.72. The van der Waals surface area contributed by atoms with E-state index in [2.05, 4.69) is 13.8 Å². The van der Waals surface area contributed by atoms with Crippen LogP contribution in [0.5, 0.6) is 5.75 Å². The largest absolute Gasteiger partial charge is 0.491 e. The lowest BCUT2D eigenvalue weighted by Crippen LogP contribution is -2.45. The Morgan fingerprint density at radius 1 is 1.29 bits per heavy atom. The highest BCUT2D eigenvalue weighted by atomic mass is 16.6. The SMILES string of the molecule is CC(C)c1ccc(OCC2[C@H](O)CCN2C(=O)OC(C)(C)C)cc1. The van der Waals surface area contributed by atoms with E-state index in [0.717, 1.165) is 5.75 Å². The maximum atomic E-state index is 12.3. The van der Waals surface area contributed by atoms with E-state index in [1.165, 1.54) is 5.56 Å². The topological polar surface area (TPSA) is 59.0 Å². The molecule has 24 heavy (non-hydrogen) atoms. The van der Waals surface area contributed by atoms with Crippen LogP contribution in [0.2, 0.25) is 0 Å². The fraction of sp³-hybridized carbons (Fsp3) is 0.632. The number of nitrogens with zero attached hydrogens (tertiary/aromatic N) is 1. The van der Waals surface area contributed by atoms with Crippen LogP contribution in [0.4, 0.5) is 4.79 Å². The van der Waals surface area contributed by atoms with Crippen molar-refractivity contribution in [2.75, 3.05) is 13.2 Å². The monoisotopic (exact) mass is 335 g/mol. The average molecular weight is 335 g/mol. The molecule has 0 aliphatic carbocycles. The summed E-state index contributed by atoms with van der Waals surface area (Å²) in [6.07, 6.45) is -0.449. The summed E-state index contributed by atoms with van der Waals surface area (Å²) in [7, 11) is 0. The molecule has 1 amide bonds. The van der Waals surface area contributed by atoms with Crippen molar-refractivity contribution in [3.8, 4) is 5.75 Å². The van der Waals surface area contributed by atoms with E-state index in [0.29, 0.717) is 18.9 Å². The van der Waals surface area contributed by atoms with Gasteiger partial charge in [0.05, 0.1) is 12.1 Å². The van der Waals surface area contributed by atoms with Crippen molar-refractivity contribution in [2.45, 2.75) is 64.7 Å². The third-order valence-corrected chi connectivity index (χ3v) is 4.11. The fourth-order valence-corrected chi connectivity index (χ4v) is 2.72. The van der Waals surface area contributed by atoms with Crippen LogP contribution in [0.15, 0.2) is 24.3 Å². The summed E-state index contributed by atoms with van der Waals surface area (Å²) in [6.45, 7) is 10.5. The first-order valence-corrected chi connectivity index (χ1v) is 8.58. The molecular formula is C19H29NO4. The molecule has 1 saturated heterocycles. The molecule has 1 aliphatic heterocycles. The number of hydrogen-bond acceptors (Lipinski definition) is 4. The van der Waals surface area contributed by atoms with Gasteiger partial charge in [-0.3, -0.25) is 4.90 Å². The number of aliphatic hydroxyl groups excluding tert-OH is 1. The second-order valence-corrected chi connectivity index (χ2v) is 7.63. The third kappa shape index (κ3) is 4.87. The van der Waals surface area contributed by atoms with Crippen LogP contribution < -0.4 is 4.74 Å². The standard InChI is InChI=1S/C19H29NO4/c1-13(2)14-6-8-15(9-7-14)23-12-16-17(21)10-11-20(16)18(22)24-19(3,4)5/h6-9,13,16-17,21H,10-12H2,1-5H3/t16?,17-/m1/s1. The van der Waals surface area contributed by atoms with Crippen molar-refractivity contribution in [3.63, 3.8) is 0 Å². The van der Waals surface area contributed by atoms with Gasteiger partial charge in [0.1, 0.15) is 18.0 Å². The number of amides is 1. The van der Waals surface area contributed by atoms with Crippen molar-refractivity contribution < 1.29 is 19.4 Å². The van der Waals surface area contributed by atoms with Crippen molar-refractivity contribution in [1.29, 1.82) is 0 Å². The smallest absolute Gasteiger partial charge is 0.410 e. The average Bonchev–Trinajstić information content (AvgIpc) is 2.85. The molecule has 1 aromatic rings. The molecule has 134 valence electrons. The van der Waals surface area contributed by atoms with E-state index in [1.807, 2.05) is 45.0 Å². The Bertz CT molecular complexity index is 547. The summed E-state index contributed by atoms with van der Waals surface area (Å²) in [5, 5.41) is 10.2. The number of hydrogen-bond donors (Lipinski definition) is 1. The minimum Gasteiger partial charge on any atom is -0.491 e. The minimum atomic E-state index is -0.590. The van der Waals surface area contributed by atoms with E-state index in [4.69, 9.17) is 9.47 Å². The quantitative estimate of drug-likeness (QED) is 0.914. The van der Waals surface area contributed by atoms with Gasteiger partial charge in [0, 0.05) is 6.54 Å². The lowest BCUT2D eigenvalue weighted by Gasteiger charge is -2.29. The number of rotatable bonds is 4. The molecular weight excluding hydrogens is 306 g/mol. The molecule has 1 N–H and O–H groups in total. The summed E-state index contributed by atoms with van der Waals surface area (Å²) in [5.41, 5.74) is 0.696. The molecule has 0 spiro atoms. The van der Waals surface area contributed by atoms with Crippen molar-refractivity contribution in [3.05, 3.63) is 29.8 Å². The van der Waals surface area contributed by atoms with Crippen LogP contribution in [0.3, 0.4) is 0 Å². The van der Waals surface area contributed by atoms with Gasteiger partial charge in [-0.25, -0.2) is 4.79 Å². The Labute approximate surface area is 144 Å². The highest BCUT2D eigenvalue weighted by Gasteiger charge is 2.38. The second kappa shape index (κ2) is 7.43. The van der Waals surface area contributed by atoms with E-state index < -0.39 is 17.8 Å². The molecule has 1 aliphatic rings. The Morgan fingerprint density at radius 3 is 2.46 bits per heavy atom. The van der Waals surface area contributed by atoms with Crippen molar-refractivity contribution in [1.82, 2.24) is 4.90 Å². The van der Waals surface area contributed by atoms with Gasteiger partial charge in [-0.1, -0.05) is 26.0 Å². The predicted octanol–water partition coefficient (Wildman–Crippen LogP) is 3.56. The lowest BCUT2D eigenvalue weighted by molar-refractivity contribution is 0.00863. The Kier molecular flexibility index (Phi) is 5.75. The molecule has 5 nitrogen and oxygen atoms in total. The summed E-state index contributed by atoms with van der Waals surface area (Å²) in [5.74, 6) is 1.21. The first-order chi connectivity index (χ1) is 11.2. The van der Waals surface area contributed by atoms with Crippen LogP contribution >= 0.6 is 0 Å². The van der Waals surface area contributed by atoms with Crippen LogP contribution in [0, 0.1) is 0 Å². The van der Waals surface area contributed by atoms with E-state index in [-0.39, 0.29) is 12.6 Å². The molecule has 5 heteroatoms. The highest BCUT2D eigenvalue weighted by molar-refractivity contribution is 5.69. The zero-order chi connectivity index (χ0) is 17.9. The van der Waals surface area contributed by atoms with Gasteiger partial charge in [-0.05, 0) is 50.8 Å². The normalized spacial score (nSPS) is 21.2. The zero-order valence-electron chi connectivity index (χ0n) is 15.3. The maximum Gasteiger partial charge on any atom is 0.410 e. The van der Waals surface area contributed by atoms with Crippen molar-refractivity contribution in [2.24, 2.45) is 0 Å². The number of likely N-dealkylation sites (tertiary alicyclic amines) is 1. The van der Waals surface area contributed by atoms with E-state index in [9.17, 15) is 9.90 Å². The van der Waals surface area contributed by atoms with Gasteiger partial charge in [-0.2, -0.15) is 0 Å². The van der Waals surface area contributed by atoms with Gasteiger partial charge in [-0.15, -0.1) is 0 Å². The number of aliphatic hydroxyl groups is 1. The summed E-state index contributed by atoms with van der Waals surface area (Å²) in [4.78, 5) is 13.9. The minimum absolute atomic E-state index is 0.251. The van der Waals surface area contributed by atoms with Crippen LogP contribution in [0.1, 0.15) is 52.5 Å². The Hall–Kier alpha value is -1.75. The third-order valence-electron chi connectivity index (χ3n) is 4.11. The second-order valence-electron chi connectivity index (χ2n) is 7.63. The number of ether oxygens (including phenoxy) is 2. The number of benzene rings is 1. The molecule has 1 aromatic carbocycles. The van der Waals surface area contributed by atoms with Crippen LogP contribution in [0.25, 0.3) is 0 Å². The zero-order valence-corrected chi connectivity index (χ0v) is 15.3. The maximum absolute atomic E-state index is 12.3. The molecule has 1 unspecified atom stereocenters. The first-order valence-electron chi connectivity index (χ1n) is 8.58. The van der Waals surface area contributed by atoms with Crippen LogP contribution in [-0.4, -0.2) is 47.0 Å². The van der Waals surface area contributed by atoms with Gasteiger partial charge >= 0.3 is 6.09 Å². The highest BCUT2D eigenvalue weighted by Crippen LogP contribution is 2.23. The molecule has 1 fully saturated rings. The molecule has 0 aromatic heterocycles. The van der Waals surface area contributed by atoms with E-state index in [1.54, 1.807) is 4.90 Å². The van der Waals surface area contributed by atoms with Gasteiger partial charge in [0.2, 0.25) is 0 Å². The number of carbonyl (C=O) groups excluding carboxylic acids is 1. The van der Waals surface area contributed by atoms with Gasteiger partial charge < -0.3 is 14.6 Å². The van der Waals surface area contributed by atoms with E-state index >= 15 is 0 Å². The Morgan fingerprint density at radius 2 is 1.92 bits per heavy atom. The Balaban J connectivity index is 1.97. The van der Waals surface area contributed by atoms with Gasteiger partial charge in [0.15, 0.2) is 0 Å². The summed E-state index contributed by atoms with van der Waals surface area (Å²) < 4.78 is 11.2. The molecule has 0 saturated carbocycles. The summed E-state index contributed by atoms with van der Waals surface area (Å²) >= 11 is 0. The molecule has 2 atom stereocenters. The number of carbonyl (C=O) groups is 1. The molecule has 2 rings (SSSR count). The predicted molar refractivity (Wildman–Crippen MR) is 93.4 cm³/mol.